The van der Waals surface area contributed by atoms with Crippen molar-refractivity contribution in [3.8, 4) is 11.5 Å². The summed E-state index contributed by atoms with van der Waals surface area (Å²) in [6, 6.07) is 9.98. The molecule has 1 aliphatic heterocycles. The van der Waals surface area contributed by atoms with E-state index >= 15 is 0 Å². The van der Waals surface area contributed by atoms with Crippen LogP contribution in [0.1, 0.15) is 12.5 Å². The van der Waals surface area contributed by atoms with Crippen molar-refractivity contribution >= 4 is 46.9 Å². The Kier molecular flexibility index (Phi) is 6.30. The van der Waals surface area contributed by atoms with Gasteiger partial charge < -0.3 is 14.6 Å². The number of carboxylic acid groups (broad SMARTS) is 1. The summed E-state index contributed by atoms with van der Waals surface area (Å²) in [4.78, 5) is 37.3. The van der Waals surface area contributed by atoms with Crippen LogP contribution in [0, 0.1) is 5.82 Å². The molecule has 8 nitrogen and oxygen atoms in total. The average Bonchev–Trinajstić information content (AvgIpc) is 2.73. The Morgan fingerprint density at radius 2 is 1.94 bits per heavy atom. The van der Waals surface area contributed by atoms with Crippen LogP contribution in [0.2, 0.25) is 0 Å². The molecule has 0 aliphatic carbocycles. The van der Waals surface area contributed by atoms with Gasteiger partial charge in [-0.3, -0.25) is 14.9 Å². The number of nitrogens with zero attached hydrogens (tertiary/aromatic N) is 1. The zero-order valence-corrected chi connectivity index (χ0v) is 17.2. The molecule has 3 rings (SSSR count). The maximum atomic E-state index is 14.2. The fraction of sp³-hybridized carbons (Fsp3) is 0.143. The van der Waals surface area contributed by atoms with Crippen molar-refractivity contribution in [3.63, 3.8) is 0 Å². The number of rotatable bonds is 6. The van der Waals surface area contributed by atoms with E-state index < -0.39 is 29.7 Å². The van der Waals surface area contributed by atoms with E-state index in [0.717, 1.165) is 4.90 Å². The summed E-state index contributed by atoms with van der Waals surface area (Å²) in [5, 5.41) is 11.1. The molecule has 0 radical (unpaired) electrons. The van der Waals surface area contributed by atoms with Crippen LogP contribution in [0.4, 0.5) is 10.1 Å². The number of carbonyl (C=O) groups excluding carboxylic acids is 2. The largest absolute Gasteiger partial charge is 0.493 e. The minimum atomic E-state index is -1.15. The van der Waals surface area contributed by atoms with Crippen molar-refractivity contribution < 1.29 is 33.4 Å². The molecule has 1 unspecified atom stereocenters. The number of halogens is 1. The Balaban J connectivity index is 1.97. The second-order valence-electron chi connectivity index (χ2n) is 6.42. The number of methoxy groups -OCH3 is 1. The van der Waals surface area contributed by atoms with Gasteiger partial charge in [0.25, 0.3) is 11.8 Å². The first kappa shape index (κ1) is 21.9. The maximum Gasteiger partial charge on any atom is 0.344 e. The number of carbonyl (C=O) groups is 3. The number of nitrogens with one attached hydrogen (secondary N) is 1. The molecule has 1 aliphatic rings. The number of anilines is 1. The van der Waals surface area contributed by atoms with Crippen LogP contribution in [0.3, 0.4) is 0 Å². The topological polar surface area (TPSA) is 105 Å². The van der Waals surface area contributed by atoms with Crippen LogP contribution >= 0.6 is 12.2 Å². The molecular formula is C21H17FN2O6S. The molecular weight excluding hydrogens is 427 g/mol. The van der Waals surface area contributed by atoms with Crippen molar-refractivity contribution in [2.24, 2.45) is 0 Å². The Hall–Kier alpha value is -3.79. The van der Waals surface area contributed by atoms with Gasteiger partial charge in [-0.1, -0.05) is 18.2 Å². The fourth-order valence-electron chi connectivity index (χ4n) is 2.79. The van der Waals surface area contributed by atoms with Gasteiger partial charge in [0.2, 0.25) is 0 Å². The predicted octanol–water partition coefficient (Wildman–Crippen LogP) is 2.52. The van der Waals surface area contributed by atoms with Crippen LogP contribution in [-0.4, -0.2) is 41.2 Å². The van der Waals surface area contributed by atoms with Crippen molar-refractivity contribution in [1.82, 2.24) is 5.32 Å². The van der Waals surface area contributed by atoms with E-state index in [1.165, 1.54) is 62.6 Å². The number of benzene rings is 2. The summed E-state index contributed by atoms with van der Waals surface area (Å²) < 4.78 is 24.8. The molecule has 10 heteroatoms. The third-order valence-electron chi connectivity index (χ3n) is 4.35. The van der Waals surface area contributed by atoms with E-state index in [1.54, 1.807) is 0 Å². The van der Waals surface area contributed by atoms with Gasteiger partial charge in [-0.25, -0.2) is 14.1 Å². The normalized spacial score (nSPS) is 16.2. The first-order valence-corrected chi connectivity index (χ1v) is 9.37. The molecule has 2 aromatic carbocycles. The number of hydrogen-bond acceptors (Lipinski definition) is 6. The number of aliphatic carboxylic acids is 1. The maximum absolute atomic E-state index is 14.2. The number of amides is 2. The number of thiocarbonyl (C=S) groups is 1. The minimum absolute atomic E-state index is 0.0904. The predicted molar refractivity (Wildman–Crippen MR) is 113 cm³/mol. The Morgan fingerprint density at radius 1 is 1.23 bits per heavy atom. The summed E-state index contributed by atoms with van der Waals surface area (Å²) >= 11 is 5.05. The molecule has 2 amide bonds. The lowest BCUT2D eigenvalue weighted by Gasteiger charge is -2.29. The van der Waals surface area contributed by atoms with E-state index in [2.05, 4.69) is 5.32 Å². The lowest BCUT2D eigenvalue weighted by molar-refractivity contribution is -0.144. The molecule has 1 atom stereocenters. The second kappa shape index (κ2) is 8.92. The van der Waals surface area contributed by atoms with Gasteiger partial charge in [0.15, 0.2) is 22.7 Å². The Morgan fingerprint density at radius 3 is 2.58 bits per heavy atom. The zero-order chi connectivity index (χ0) is 22.7. The molecule has 31 heavy (non-hydrogen) atoms. The lowest BCUT2D eigenvalue weighted by Crippen LogP contribution is -2.54. The summed E-state index contributed by atoms with van der Waals surface area (Å²) in [7, 11) is 1.36. The van der Waals surface area contributed by atoms with Crippen molar-refractivity contribution in [1.29, 1.82) is 0 Å². The summed E-state index contributed by atoms with van der Waals surface area (Å²) in [5.74, 6) is -2.98. The first-order chi connectivity index (χ1) is 14.7. The van der Waals surface area contributed by atoms with E-state index in [4.69, 9.17) is 26.8 Å². The lowest BCUT2D eigenvalue weighted by atomic mass is 10.1. The first-order valence-electron chi connectivity index (χ1n) is 8.96. The van der Waals surface area contributed by atoms with Gasteiger partial charge in [-0.2, -0.15) is 0 Å². The monoisotopic (exact) mass is 444 g/mol. The van der Waals surface area contributed by atoms with Crippen LogP contribution in [0.5, 0.6) is 11.5 Å². The smallest absolute Gasteiger partial charge is 0.344 e. The summed E-state index contributed by atoms with van der Waals surface area (Å²) in [6.45, 7) is 1.36. The van der Waals surface area contributed by atoms with Crippen LogP contribution in [0.15, 0.2) is 48.0 Å². The van der Waals surface area contributed by atoms with Crippen molar-refractivity contribution in [2.75, 3.05) is 12.0 Å². The standard InChI is InChI=1S/C21H17FN2O6S/c1-11(20(27)28)30-16-8-7-12(10-17(16)29-2)9-13-18(25)23-21(31)24(19(13)26)15-6-4-3-5-14(15)22/h3-11H,1-2H3,(H,27,28)(H,23,25,31)/b13-9+. The van der Waals surface area contributed by atoms with Gasteiger partial charge >= 0.3 is 5.97 Å². The highest BCUT2D eigenvalue weighted by molar-refractivity contribution is 7.80. The van der Waals surface area contributed by atoms with Gasteiger partial charge in [0, 0.05) is 0 Å². The average molecular weight is 444 g/mol. The van der Waals surface area contributed by atoms with Gasteiger partial charge in [-0.15, -0.1) is 0 Å². The Bertz CT molecular complexity index is 1120. The number of hydrogen-bond donors (Lipinski definition) is 2. The third kappa shape index (κ3) is 4.53. The fourth-order valence-corrected chi connectivity index (χ4v) is 3.06. The molecule has 160 valence electrons. The molecule has 0 bridgehead atoms. The highest BCUT2D eigenvalue weighted by Gasteiger charge is 2.35. The molecule has 1 saturated heterocycles. The zero-order valence-electron chi connectivity index (χ0n) is 16.4. The second-order valence-corrected chi connectivity index (χ2v) is 6.80. The van der Waals surface area contributed by atoms with E-state index in [-0.39, 0.29) is 27.9 Å². The van der Waals surface area contributed by atoms with E-state index in [0.29, 0.717) is 5.56 Å². The summed E-state index contributed by atoms with van der Waals surface area (Å²) in [6.07, 6.45) is 0.180. The van der Waals surface area contributed by atoms with Crippen LogP contribution in [-0.2, 0) is 14.4 Å². The SMILES string of the molecule is COc1cc(/C=C2\C(=O)NC(=S)N(c3ccccc3F)C2=O)ccc1OC(C)C(=O)O. The molecule has 1 fully saturated rings. The molecule has 2 aromatic rings. The molecule has 0 spiro atoms. The number of para-hydroxylation sites is 1. The highest BCUT2D eigenvalue weighted by atomic mass is 32.1. The molecule has 0 aromatic heterocycles. The highest BCUT2D eigenvalue weighted by Crippen LogP contribution is 2.31. The molecule has 0 saturated carbocycles. The van der Waals surface area contributed by atoms with Crippen LogP contribution in [0.25, 0.3) is 6.08 Å². The van der Waals surface area contributed by atoms with E-state index in [9.17, 15) is 18.8 Å². The quantitative estimate of drug-likeness (QED) is 0.401. The van der Waals surface area contributed by atoms with E-state index in [1.807, 2.05) is 0 Å². The van der Waals surface area contributed by atoms with Gasteiger partial charge in [0.05, 0.1) is 12.8 Å². The summed E-state index contributed by atoms with van der Waals surface area (Å²) in [5.41, 5.74) is 0.0332. The Labute approximate surface area is 181 Å². The molecule has 1 heterocycles. The minimum Gasteiger partial charge on any atom is -0.493 e. The van der Waals surface area contributed by atoms with Gasteiger partial charge in [-0.05, 0) is 55.0 Å². The molecule has 2 N–H and O–H groups in total. The number of ether oxygens (including phenoxy) is 2. The number of carboxylic acids is 1. The third-order valence-corrected chi connectivity index (χ3v) is 4.63. The van der Waals surface area contributed by atoms with Gasteiger partial charge in [0.1, 0.15) is 11.4 Å². The van der Waals surface area contributed by atoms with Crippen molar-refractivity contribution in [3.05, 3.63) is 59.4 Å². The van der Waals surface area contributed by atoms with Crippen LogP contribution < -0.4 is 19.7 Å². The van der Waals surface area contributed by atoms with Crippen molar-refractivity contribution in [2.45, 2.75) is 13.0 Å².